The van der Waals surface area contributed by atoms with E-state index in [9.17, 15) is 27.9 Å². The van der Waals surface area contributed by atoms with Gasteiger partial charge in [0.2, 0.25) is 5.91 Å². The summed E-state index contributed by atoms with van der Waals surface area (Å²) in [5.74, 6) is -1.49. The van der Waals surface area contributed by atoms with Crippen LogP contribution in [0.15, 0.2) is 30.3 Å². The number of carbonyl (C=O) groups excluding carboxylic acids is 1. The summed E-state index contributed by atoms with van der Waals surface area (Å²) in [5, 5.41) is 9.32. The second-order valence-corrected chi connectivity index (χ2v) is 9.83. The number of benzene rings is 2. The van der Waals surface area contributed by atoms with Crippen molar-refractivity contribution in [2.75, 3.05) is 18.1 Å². The van der Waals surface area contributed by atoms with Crippen LogP contribution in [-0.2, 0) is 15.0 Å². The van der Waals surface area contributed by atoms with Crippen LogP contribution in [0, 0.1) is 12.8 Å². The van der Waals surface area contributed by atoms with E-state index in [4.69, 9.17) is 4.74 Å². The Balaban J connectivity index is 1.85. The van der Waals surface area contributed by atoms with Crippen LogP contribution in [-0.4, -0.2) is 36.3 Å². The Kier molecular flexibility index (Phi) is 5.90. The van der Waals surface area contributed by atoms with Crippen LogP contribution in [0.1, 0.15) is 56.2 Å². The fourth-order valence-corrected chi connectivity index (χ4v) is 4.91. The number of carboxylic acid groups (broad SMARTS) is 1. The quantitative estimate of drug-likeness (QED) is 0.571. The monoisotopic (exact) mass is 475 g/mol. The number of alkyl halides is 3. The maximum Gasteiger partial charge on any atom is 0.422 e. The number of rotatable bonds is 6. The van der Waals surface area contributed by atoms with E-state index in [1.165, 1.54) is 6.07 Å². The molecule has 4 rings (SSSR count). The van der Waals surface area contributed by atoms with E-state index in [0.29, 0.717) is 30.5 Å². The largest absolute Gasteiger partial charge is 0.483 e. The third-order valence-electron chi connectivity index (χ3n) is 6.79. The van der Waals surface area contributed by atoms with Crippen molar-refractivity contribution in [3.8, 4) is 16.9 Å². The first-order valence-electron chi connectivity index (χ1n) is 11.3. The van der Waals surface area contributed by atoms with Gasteiger partial charge in [-0.3, -0.25) is 9.59 Å². The van der Waals surface area contributed by atoms with E-state index in [-0.39, 0.29) is 23.0 Å². The molecule has 34 heavy (non-hydrogen) atoms. The lowest BCUT2D eigenvalue weighted by Crippen LogP contribution is -2.41. The highest BCUT2D eigenvalue weighted by Crippen LogP contribution is 2.50. The number of ether oxygens (including phenoxy) is 1. The Hall–Kier alpha value is -3.03. The van der Waals surface area contributed by atoms with Crippen molar-refractivity contribution < 1.29 is 32.6 Å². The zero-order valence-corrected chi connectivity index (χ0v) is 19.6. The molecule has 1 saturated carbocycles. The molecule has 0 saturated heterocycles. The molecule has 2 aromatic carbocycles. The van der Waals surface area contributed by atoms with Crippen molar-refractivity contribution in [2.45, 2.75) is 58.0 Å². The summed E-state index contributed by atoms with van der Waals surface area (Å²) in [4.78, 5) is 25.9. The standard InChI is InChI=1S/C26H28F3NO4/c1-5-30-21-11-16(14(2)8-20(21)25(3,4)12-23(30)31)18-9-15(17-10-19(17)24(32)33)6-7-22(18)34-13-26(27,28)29/h6-9,11,17,19H,5,10,12-13H2,1-4H3,(H,32,33)/t17-,19+/m0/s1. The summed E-state index contributed by atoms with van der Waals surface area (Å²) >= 11 is 0. The smallest absolute Gasteiger partial charge is 0.422 e. The van der Waals surface area contributed by atoms with E-state index in [0.717, 1.165) is 22.4 Å². The van der Waals surface area contributed by atoms with Gasteiger partial charge in [-0.2, -0.15) is 13.2 Å². The number of hydrogen-bond donors (Lipinski definition) is 1. The number of fused-ring (bicyclic) bond motifs is 1. The predicted molar refractivity (Wildman–Crippen MR) is 122 cm³/mol. The molecule has 0 aromatic heterocycles. The zero-order valence-electron chi connectivity index (χ0n) is 19.6. The number of halogens is 3. The van der Waals surface area contributed by atoms with Gasteiger partial charge in [-0.05, 0) is 66.6 Å². The van der Waals surface area contributed by atoms with Crippen LogP contribution in [0.25, 0.3) is 11.1 Å². The molecule has 1 aliphatic heterocycles. The van der Waals surface area contributed by atoms with E-state index < -0.39 is 24.7 Å². The summed E-state index contributed by atoms with van der Waals surface area (Å²) in [5.41, 5.74) is 4.10. The molecular formula is C26H28F3NO4. The number of nitrogens with zero attached hydrogens (tertiary/aromatic N) is 1. The van der Waals surface area contributed by atoms with Crippen molar-refractivity contribution in [1.29, 1.82) is 0 Å². The van der Waals surface area contributed by atoms with Gasteiger partial charge in [-0.15, -0.1) is 0 Å². The summed E-state index contributed by atoms with van der Waals surface area (Å²) in [6.45, 7) is 6.83. The fourth-order valence-electron chi connectivity index (χ4n) is 4.91. The van der Waals surface area contributed by atoms with Gasteiger partial charge in [0.1, 0.15) is 5.75 Å². The van der Waals surface area contributed by atoms with Crippen molar-refractivity contribution in [1.82, 2.24) is 0 Å². The molecule has 2 aliphatic rings. The molecule has 1 heterocycles. The van der Waals surface area contributed by atoms with Crippen molar-refractivity contribution in [2.24, 2.45) is 5.92 Å². The van der Waals surface area contributed by atoms with Gasteiger partial charge < -0.3 is 14.7 Å². The topological polar surface area (TPSA) is 66.8 Å². The lowest BCUT2D eigenvalue weighted by molar-refractivity contribution is -0.153. The zero-order chi connectivity index (χ0) is 25.0. The Morgan fingerprint density at radius 2 is 1.91 bits per heavy atom. The predicted octanol–water partition coefficient (Wildman–Crippen LogP) is 5.83. The normalized spacial score (nSPS) is 21.3. The molecule has 2 aromatic rings. The number of aryl methyl sites for hydroxylation is 1. The number of amides is 1. The first kappa shape index (κ1) is 24.1. The van der Waals surface area contributed by atoms with Crippen molar-refractivity contribution in [3.63, 3.8) is 0 Å². The minimum absolute atomic E-state index is 0.000575. The highest BCUT2D eigenvalue weighted by atomic mass is 19.4. The number of aliphatic carboxylic acids is 1. The van der Waals surface area contributed by atoms with E-state index in [1.807, 2.05) is 39.8 Å². The van der Waals surface area contributed by atoms with Crippen LogP contribution in [0.4, 0.5) is 18.9 Å². The molecule has 1 aliphatic carbocycles. The Labute approximate surface area is 196 Å². The van der Waals surface area contributed by atoms with Crippen molar-refractivity contribution >= 4 is 17.6 Å². The maximum absolute atomic E-state index is 12.9. The van der Waals surface area contributed by atoms with Gasteiger partial charge in [0.25, 0.3) is 0 Å². The number of hydrogen-bond acceptors (Lipinski definition) is 3. The van der Waals surface area contributed by atoms with E-state index in [1.54, 1.807) is 17.0 Å². The molecule has 182 valence electrons. The molecule has 8 heteroatoms. The maximum atomic E-state index is 12.9. The minimum atomic E-state index is -4.50. The van der Waals surface area contributed by atoms with E-state index in [2.05, 4.69) is 0 Å². The molecular weight excluding hydrogens is 447 g/mol. The fraction of sp³-hybridized carbons (Fsp3) is 0.462. The van der Waals surface area contributed by atoms with Crippen LogP contribution >= 0.6 is 0 Å². The summed E-state index contributed by atoms with van der Waals surface area (Å²) in [6, 6.07) is 8.71. The van der Waals surface area contributed by atoms with Crippen LogP contribution < -0.4 is 9.64 Å². The van der Waals surface area contributed by atoms with Gasteiger partial charge in [0.15, 0.2) is 6.61 Å². The average Bonchev–Trinajstić information content (AvgIpc) is 3.53. The third-order valence-corrected chi connectivity index (χ3v) is 6.79. The average molecular weight is 476 g/mol. The van der Waals surface area contributed by atoms with Gasteiger partial charge in [-0.1, -0.05) is 26.0 Å². The minimum Gasteiger partial charge on any atom is -0.483 e. The summed E-state index contributed by atoms with van der Waals surface area (Å²) in [6.07, 6.45) is -3.63. The van der Waals surface area contributed by atoms with Gasteiger partial charge in [0.05, 0.1) is 5.92 Å². The van der Waals surface area contributed by atoms with Gasteiger partial charge in [0, 0.05) is 29.6 Å². The molecule has 2 atom stereocenters. The Morgan fingerprint density at radius 3 is 2.50 bits per heavy atom. The number of carboxylic acids is 1. The SMILES string of the molecule is CCN1C(=O)CC(C)(C)c2cc(C)c(-c3cc([C@@H]4C[C@H]4C(=O)O)ccc3OCC(F)(F)F)cc21. The summed E-state index contributed by atoms with van der Waals surface area (Å²) in [7, 11) is 0. The molecule has 0 radical (unpaired) electrons. The van der Waals surface area contributed by atoms with Gasteiger partial charge in [-0.25, -0.2) is 0 Å². The number of carbonyl (C=O) groups is 2. The Bertz CT molecular complexity index is 1160. The molecule has 1 N–H and O–H groups in total. The molecule has 1 amide bonds. The van der Waals surface area contributed by atoms with Crippen molar-refractivity contribution in [3.05, 3.63) is 47.0 Å². The van der Waals surface area contributed by atoms with Gasteiger partial charge >= 0.3 is 12.1 Å². The van der Waals surface area contributed by atoms with Crippen LogP contribution in [0.3, 0.4) is 0 Å². The first-order chi connectivity index (χ1) is 15.8. The highest BCUT2D eigenvalue weighted by molar-refractivity contribution is 5.99. The summed E-state index contributed by atoms with van der Waals surface area (Å²) < 4.78 is 44.0. The molecule has 5 nitrogen and oxygen atoms in total. The van der Waals surface area contributed by atoms with E-state index >= 15 is 0 Å². The third kappa shape index (κ3) is 4.50. The molecule has 0 bridgehead atoms. The first-order valence-corrected chi connectivity index (χ1v) is 11.3. The number of anilines is 1. The molecule has 0 spiro atoms. The highest BCUT2D eigenvalue weighted by Gasteiger charge is 2.44. The Morgan fingerprint density at radius 1 is 1.21 bits per heavy atom. The lowest BCUT2D eigenvalue weighted by atomic mass is 9.75. The lowest BCUT2D eigenvalue weighted by Gasteiger charge is -2.39. The van der Waals surface area contributed by atoms with Crippen LogP contribution in [0.2, 0.25) is 0 Å². The second kappa shape index (κ2) is 8.32. The molecule has 1 fully saturated rings. The van der Waals surface area contributed by atoms with Crippen LogP contribution in [0.5, 0.6) is 5.75 Å². The second-order valence-electron chi connectivity index (χ2n) is 9.83. The molecule has 0 unspecified atom stereocenters.